The molecule has 0 unspecified atom stereocenters. The molecule has 138 valence electrons. The zero-order valence-corrected chi connectivity index (χ0v) is 15.5. The highest BCUT2D eigenvalue weighted by Crippen LogP contribution is 2.27. The number of halogens is 1. The topological polar surface area (TPSA) is 77.2 Å². The maximum atomic E-state index is 12.0. The largest absolute Gasteiger partial charge is 0.473 e. The average Bonchev–Trinajstić information content (AvgIpc) is 3.42. The number of hydrogen-bond acceptors (Lipinski definition) is 5. The number of carbonyl (C=O) groups is 1. The number of nitrogens with zero attached hydrogens (tertiary/aromatic N) is 2. The molecule has 0 radical (unpaired) electrons. The van der Waals surface area contributed by atoms with E-state index in [1.54, 1.807) is 24.3 Å². The van der Waals surface area contributed by atoms with Crippen molar-refractivity contribution in [3.05, 3.63) is 64.5 Å². The number of hydrogen-bond donors (Lipinski definition) is 1. The number of pyridine rings is 1. The Bertz CT molecular complexity index is 948. The average molecular weight is 384 g/mol. The fourth-order valence-electron chi connectivity index (χ4n) is 2.64. The molecule has 0 atom stereocenters. The molecule has 7 heteroatoms. The minimum Gasteiger partial charge on any atom is -0.473 e. The highest BCUT2D eigenvalue weighted by molar-refractivity contribution is 6.30. The normalized spacial score (nSPS) is 13.4. The van der Waals surface area contributed by atoms with Crippen molar-refractivity contribution in [2.24, 2.45) is 0 Å². The standard InChI is InChI=1S/C20H18ClN3O3/c1-12-17(19(24-27-12)13-2-5-15(21)6-3-13)11-26-18-9-4-14(10-22-18)20(25)23-16-7-8-16/h2-6,9-10,16H,7-8,11H2,1H3,(H,23,25). The summed E-state index contributed by atoms with van der Waals surface area (Å²) in [5, 5.41) is 7.72. The second-order valence-electron chi connectivity index (χ2n) is 6.49. The zero-order chi connectivity index (χ0) is 18.8. The van der Waals surface area contributed by atoms with Gasteiger partial charge in [-0.1, -0.05) is 28.9 Å². The predicted molar refractivity (Wildman–Crippen MR) is 101 cm³/mol. The van der Waals surface area contributed by atoms with Gasteiger partial charge in [0.15, 0.2) is 0 Å². The summed E-state index contributed by atoms with van der Waals surface area (Å²) in [5.41, 5.74) is 2.98. The van der Waals surface area contributed by atoms with Crippen LogP contribution in [0.25, 0.3) is 11.3 Å². The summed E-state index contributed by atoms with van der Waals surface area (Å²) in [6.07, 6.45) is 3.62. The first-order chi connectivity index (χ1) is 13.1. The summed E-state index contributed by atoms with van der Waals surface area (Å²) < 4.78 is 11.1. The van der Waals surface area contributed by atoms with E-state index in [0.29, 0.717) is 34.0 Å². The molecular weight excluding hydrogens is 366 g/mol. The van der Waals surface area contributed by atoms with Crippen LogP contribution in [0.2, 0.25) is 5.02 Å². The van der Waals surface area contributed by atoms with Gasteiger partial charge >= 0.3 is 0 Å². The van der Waals surface area contributed by atoms with E-state index in [-0.39, 0.29) is 12.5 Å². The number of ether oxygens (including phenoxy) is 1. The van der Waals surface area contributed by atoms with Crippen LogP contribution < -0.4 is 10.1 Å². The Labute approximate surface area is 161 Å². The van der Waals surface area contributed by atoms with Crippen molar-refractivity contribution in [2.45, 2.75) is 32.4 Å². The number of benzene rings is 1. The van der Waals surface area contributed by atoms with Gasteiger partial charge in [-0.3, -0.25) is 4.79 Å². The van der Waals surface area contributed by atoms with Crippen LogP contribution in [0.15, 0.2) is 47.1 Å². The summed E-state index contributed by atoms with van der Waals surface area (Å²) >= 11 is 5.95. The van der Waals surface area contributed by atoms with Gasteiger partial charge in [-0.05, 0) is 38.0 Å². The van der Waals surface area contributed by atoms with Crippen molar-refractivity contribution < 1.29 is 14.1 Å². The number of carbonyl (C=O) groups excluding carboxylic acids is 1. The Hall–Kier alpha value is -2.86. The smallest absolute Gasteiger partial charge is 0.253 e. The Morgan fingerprint density at radius 2 is 2.04 bits per heavy atom. The Kier molecular flexibility index (Phi) is 4.81. The first-order valence-corrected chi connectivity index (χ1v) is 9.09. The fraction of sp³-hybridized carbons (Fsp3) is 0.250. The van der Waals surface area contributed by atoms with Gasteiger partial charge in [0.25, 0.3) is 5.91 Å². The third-order valence-electron chi connectivity index (χ3n) is 4.38. The second kappa shape index (κ2) is 7.40. The summed E-state index contributed by atoms with van der Waals surface area (Å²) in [5.74, 6) is 1.01. The number of rotatable bonds is 6. The van der Waals surface area contributed by atoms with E-state index in [0.717, 1.165) is 24.0 Å². The molecule has 0 spiro atoms. The van der Waals surface area contributed by atoms with E-state index in [1.165, 1.54) is 6.20 Å². The van der Waals surface area contributed by atoms with Crippen molar-refractivity contribution in [1.82, 2.24) is 15.5 Å². The van der Waals surface area contributed by atoms with Crippen molar-refractivity contribution in [3.63, 3.8) is 0 Å². The first-order valence-electron chi connectivity index (χ1n) is 8.71. The van der Waals surface area contributed by atoms with E-state index in [1.807, 2.05) is 19.1 Å². The number of aryl methyl sites for hydroxylation is 1. The fourth-order valence-corrected chi connectivity index (χ4v) is 2.76. The van der Waals surface area contributed by atoms with Crippen LogP contribution in [0.5, 0.6) is 5.88 Å². The number of aromatic nitrogens is 2. The summed E-state index contributed by atoms with van der Waals surface area (Å²) in [6, 6.07) is 11.1. The molecular formula is C20H18ClN3O3. The van der Waals surface area contributed by atoms with Crippen LogP contribution >= 0.6 is 11.6 Å². The molecule has 6 nitrogen and oxygen atoms in total. The monoisotopic (exact) mass is 383 g/mol. The van der Waals surface area contributed by atoms with E-state index >= 15 is 0 Å². The molecule has 1 fully saturated rings. The van der Waals surface area contributed by atoms with E-state index < -0.39 is 0 Å². The van der Waals surface area contributed by atoms with Crippen LogP contribution in [-0.2, 0) is 6.61 Å². The number of amides is 1. The Morgan fingerprint density at radius 1 is 1.26 bits per heavy atom. The van der Waals surface area contributed by atoms with E-state index in [2.05, 4.69) is 15.5 Å². The lowest BCUT2D eigenvalue weighted by Crippen LogP contribution is -2.25. The lowest BCUT2D eigenvalue weighted by molar-refractivity contribution is 0.0950. The third-order valence-corrected chi connectivity index (χ3v) is 4.63. The molecule has 1 aliphatic rings. The highest BCUT2D eigenvalue weighted by atomic mass is 35.5. The first kappa shape index (κ1) is 17.5. The van der Waals surface area contributed by atoms with Crippen LogP contribution in [-0.4, -0.2) is 22.1 Å². The second-order valence-corrected chi connectivity index (χ2v) is 6.93. The highest BCUT2D eigenvalue weighted by Gasteiger charge is 2.24. The van der Waals surface area contributed by atoms with Gasteiger partial charge in [-0.25, -0.2) is 4.98 Å². The Balaban J connectivity index is 1.45. The van der Waals surface area contributed by atoms with Crippen molar-refractivity contribution in [1.29, 1.82) is 0 Å². The van der Waals surface area contributed by atoms with Crippen molar-refractivity contribution in [2.75, 3.05) is 0 Å². The molecule has 2 aromatic heterocycles. The predicted octanol–water partition coefficient (Wildman–Crippen LogP) is 4.17. The number of nitrogens with one attached hydrogen (secondary N) is 1. The summed E-state index contributed by atoms with van der Waals surface area (Å²) in [4.78, 5) is 16.2. The molecule has 1 saturated carbocycles. The van der Waals surface area contributed by atoms with Gasteiger partial charge in [-0.15, -0.1) is 0 Å². The molecule has 0 saturated heterocycles. The van der Waals surface area contributed by atoms with Crippen LogP contribution in [0.1, 0.15) is 34.5 Å². The van der Waals surface area contributed by atoms with Gasteiger partial charge in [0.1, 0.15) is 18.1 Å². The van der Waals surface area contributed by atoms with E-state index in [9.17, 15) is 4.79 Å². The quantitative estimate of drug-likeness (QED) is 0.691. The molecule has 1 amide bonds. The molecule has 1 aromatic carbocycles. The minimum absolute atomic E-state index is 0.101. The molecule has 1 aliphatic carbocycles. The van der Waals surface area contributed by atoms with Gasteiger partial charge in [0, 0.05) is 28.9 Å². The molecule has 0 aliphatic heterocycles. The van der Waals surface area contributed by atoms with Crippen LogP contribution in [0, 0.1) is 6.92 Å². The summed E-state index contributed by atoms with van der Waals surface area (Å²) in [6.45, 7) is 2.10. The lowest BCUT2D eigenvalue weighted by atomic mass is 10.1. The maximum Gasteiger partial charge on any atom is 0.253 e. The minimum atomic E-state index is -0.101. The molecule has 2 heterocycles. The van der Waals surface area contributed by atoms with Gasteiger partial charge in [-0.2, -0.15) is 0 Å². The molecule has 4 rings (SSSR count). The van der Waals surface area contributed by atoms with Crippen LogP contribution in [0.3, 0.4) is 0 Å². The molecule has 27 heavy (non-hydrogen) atoms. The van der Waals surface area contributed by atoms with E-state index in [4.69, 9.17) is 20.9 Å². The SMILES string of the molecule is Cc1onc(-c2ccc(Cl)cc2)c1COc1ccc(C(=O)NC2CC2)cn1. The van der Waals surface area contributed by atoms with Crippen LogP contribution in [0.4, 0.5) is 0 Å². The molecule has 1 N–H and O–H groups in total. The van der Waals surface area contributed by atoms with Crippen molar-refractivity contribution in [3.8, 4) is 17.1 Å². The Morgan fingerprint density at radius 3 is 2.70 bits per heavy atom. The molecule has 3 aromatic rings. The van der Waals surface area contributed by atoms with Crippen molar-refractivity contribution >= 4 is 17.5 Å². The zero-order valence-electron chi connectivity index (χ0n) is 14.7. The third kappa shape index (κ3) is 4.11. The summed E-state index contributed by atoms with van der Waals surface area (Å²) in [7, 11) is 0. The maximum absolute atomic E-state index is 12.0. The molecule has 0 bridgehead atoms. The van der Waals surface area contributed by atoms with Gasteiger partial charge < -0.3 is 14.6 Å². The van der Waals surface area contributed by atoms with Gasteiger partial charge in [0.05, 0.1) is 11.1 Å². The van der Waals surface area contributed by atoms with Gasteiger partial charge in [0.2, 0.25) is 5.88 Å². The lowest BCUT2D eigenvalue weighted by Gasteiger charge is -2.07.